The molecule has 1 N–H and O–H groups in total. The molecule has 0 saturated carbocycles. The fourth-order valence-electron chi connectivity index (χ4n) is 0.920. The quantitative estimate of drug-likeness (QED) is 0.791. The summed E-state index contributed by atoms with van der Waals surface area (Å²) in [5.74, 6) is 0.606. The average Bonchev–Trinajstić information content (AvgIpc) is 2.18. The molecular formula is C10H14N4. The number of nitriles is 1. The first-order chi connectivity index (χ1) is 6.59. The van der Waals surface area contributed by atoms with Crippen molar-refractivity contribution >= 4 is 5.82 Å². The van der Waals surface area contributed by atoms with Crippen LogP contribution in [0, 0.1) is 11.3 Å². The van der Waals surface area contributed by atoms with Gasteiger partial charge < -0.3 is 5.32 Å². The molecule has 0 amide bonds. The zero-order valence-corrected chi connectivity index (χ0v) is 8.70. The van der Waals surface area contributed by atoms with Crippen molar-refractivity contribution in [3.05, 3.63) is 18.1 Å². The molecule has 4 heteroatoms. The van der Waals surface area contributed by atoms with Crippen LogP contribution in [0.3, 0.4) is 0 Å². The Kier molecular flexibility index (Phi) is 3.03. The molecule has 0 unspecified atom stereocenters. The van der Waals surface area contributed by atoms with Crippen LogP contribution in [0.1, 0.15) is 32.8 Å². The fraction of sp³-hybridized carbons (Fsp3) is 0.500. The van der Waals surface area contributed by atoms with Gasteiger partial charge in [-0.2, -0.15) is 5.26 Å². The van der Waals surface area contributed by atoms with Gasteiger partial charge in [0.2, 0.25) is 0 Å². The Morgan fingerprint density at radius 2 is 2.29 bits per heavy atom. The molecule has 0 atom stereocenters. The number of hydrogen-bond donors (Lipinski definition) is 1. The lowest BCUT2D eigenvalue weighted by molar-refractivity contribution is 0.544. The Balaban J connectivity index is 2.92. The summed E-state index contributed by atoms with van der Waals surface area (Å²) in [5, 5.41) is 12.0. The van der Waals surface area contributed by atoms with Crippen molar-refractivity contribution in [1.82, 2.24) is 9.97 Å². The summed E-state index contributed by atoms with van der Waals surface area (Å²) in [6.45, 7) is 6.22. The molecular weight excluding hydrogens is 176 g/mol. The zero-order valence-electron chi connectivity index (χ0n) is 8.70. The minimum absolute atomic E-state index is 0.0556. The summed E-state index contributed by atoms with van der Waals surface area (Å²) in [5.41, 5.74) is 0.425. The van der Waals surface area contributed by atoms with Gasteiger partial charge in [0.25, 0.3) is 0 Å². The Bertz CT molecular complexity index is 351. The lowest BCUT2D eigenvalue weighted by Gasteiger charge is -2.25. The Morgan fingerprint density at radius 3 is 2.86 bits per heavy atom. The van der Waals surface area contributed by atoms with E-state index < -0.39 is 0 Å². The molecule has 0 saturated heterocycles. The van der Waals surface area contributed by atoms with E-state index in [-0.39, 0.29) is 5.54 Å². The van der Waals surface area contributed by atoms with Crippen LogP contribution in [0.25, 0.3) is 0 Å². The fourth-order valence-corrected chi connectivity index (χ4v) is 0.920. The van der Waals surface area contributed by atoms with Crippen molar-refractivity contribution < 1.29 is 0 Å². The highest BCUT2D eigenvalue weighted by atomic mass is 15.1. The van der Waals surface area contributed by atoms with E-state index in [9.17, 15) is 0 Å². The van der Waals surface area contributed by atoms with Gasteiger partial charge in [0.15, 0.2) is 0 Å². The van der Waals surface area contributed by atoms with E-state index in [0.29, 0.717) is 11.4 Å². The monoisotopic (exact) mass is 190 g/mol. The second kappa shape index (κ2) is 4.05. The van der Waals surface area contributed by atoms with Crippen molar-refractivity contribution in [1.29, 1.82) is 5.26 Å². The summed E-state index contributed by atoms with van der Waals surface area (Å²) in [6, 6.07) is 2.05. The molecule has 14 heavy (non-hydrogen) atoms. The van der Waals surface area contributed by atoms with Crippen LogP contribution in [0.15, 0.2) is 12.5 Å². The normalized spacial score (nSPS) is 10.7. The average molecular weight is 190 g/mol. The first-order valence-electron chi connectivity index (χ1n) is 4.57. The summed E-state index contributed by atoms with van der Waals surface area (Å²) in [7, 11) is 0. The van der Waals surface area contributed by atoms with Gasteiger partial charge in [0.05, 0.1) is 6.20 Å². The molecule has 0 fully saturated rings. The molecule has 0 aliphatic rings. The number of nitrogens with one attached hydrogen (secondary N) is 1. The van der Waals surface area contributed by atoms with Crippen LogP contribution in [0.5, 0.6) is 0 Å². The van der Waals surface area contributed by atoms with Crippen molar-refractivity contribution in [2.45, 2.75) is 32.7 Å². The molecule has 74 valence electrons. The smallest absolute Gasteiger partial charge is 0.147 e. The number of aromatic nitrogens is 2. The minimum Gasteiger partial charge on any atom is -0.364 e. The van der Waals surface area contributed by atoms with Gasteiger partial charge in [0, 0.05) is 5.54 Å². The predicted molar refractivity (Wildman–Crippen MR) is 54.7 cm³/mol. The Labute approximate surface area is 84.0 Å². The molecule has 0 aliphatic heterocycles. The second-order valence-corrected chi connectivity index (χ2v) is 3.76. The number of rotatable bonds is 3. The van der Waals surface area contributed by atoms with Crippen molar-refractivity contribution in [2.75, 3.05) is 5.32 Å². The summed E-state index contributed by atoms with van der Waals surface area (Å²) in [4.78, 5) is 7.84. The Hall–Kier alpha value is -1.63. The molecule has 0 aromatic carbocycles. The van der Waals surface area contributed by atoms with E-state index in [1.54, 1.807) is 0 Å². The van der Waals surface area contributed by atoms with Crippen LogP contribution in [0.2, 0.25) is 0 Å². The van der Waals surface area contributed by atoms with E-state index in [0.717, 1.165) is 6.42 Å². The standard InChI is InChI=1S/C10H14N4/c1-4-10(2,3)14-9-8(5-11)6-12-7-13-9/h6-7H,4H2,1-3H3,(H,12,13,14). The van der Waals surface area contributed by atoms with E-state index in [1.807, 2.05) is 0 Å². The Morgan fingerprint density at radius 1 is 1.57 bits per heavy atom. The number of nitrogens with zero attached hydrogens (tertiary/aromatic N) is 3. The summed E-state index contributed by atoms with van der Waals surface area (Å²) < 4.78 is 0. The highest BCUT2D eigenvalue weighted by Crippen LogP contribution is 2.17. The van der Waals surface area contributed by atoms with Gasteiger partial charge in [0.1, 0.15) is 23.8 Å². The third-order valence-electron chi connectivity index (χ3n) is 2.17. The highest BCUT2D eigenvalue weighted by molar-refractivity contribution is 5.51. The van der Waals surface area contributed by atoms with Crippen molar-refractivity contribution in [3.63, 3.8) is 0 Å². The minimum atomic E-state index is -0.0556. The van der Waals surface area contributed by atoms with E-state index in [4.69, 9.17) is 5.26 Å². The number of hydrogen-bond acceptors (Lipinski definition) is 4. The summed E-state index contributed by atoms with van der Waals surface area (Å²) in [6.07, 6.45) is 3.91. The molecule has 0 spiro atoms. The number of anilines is 1. The topological polar surface area (TPSA) is 61.6 Å². The van der Waals surface area contributed by atoms with Crippen molar-refractivity contribution in [3.8, 4) is 6.07 Å². The lowest BCUT2D eigenvalue weighted by Crippen LogP contribution is -2.30. The predicted octanol–water partition coefficient (Wildman–Crippen LogP) is 1.95. The maximum atomic E-state index is 8.82. The zero-order chi connectivity index (χ0) is 10.6. The highest BCUT2D eigenvalue weighted by Gasteiger charge is 2.16. The first kappa shape index (κ1) is 10.5. The van der Waals surface area contributed by atoms with Gasteiger partial charge in [-0.25, -0.2) is 9.97 Å². The van der Waals surface area contributed by atoms with Gasteiger partial charge >= 0.3 is 0 Å². The van der Waals surface area contributed by atoms with Crippen LogP contribution in [-0.2, 0) is 0 Å². The van der Waals surface area contributed by atoms with Gasteiger partial charge in [-0.15, -0.1) is 0 Å². The van der Waals surface area contributed by atoms with Crippen LogP contribution < -0.4 is 5.32 Å². The molecule has 1 aromatic rings. The summed E-state index contributed by atoms with van der Waals surface area (Å²) >= 11 is 0. The SMILES string of the molecule is CCC(C)(C)Nc1ncncc1C#N. The van der Waals surface area contributed by atoms with Crippen LogP contribution in [-0.4, -0.2) is 15.5 Å². The molecule has 0 radical (unpaired) electrons. The first-order valence-corrected chi connectivity index (χ1v) is 4.57. The maximum absolute atomic E-state index is 8.82. The maximum Gasteiger partial charge on any atom is 0.147 e. The van der Waals surface area contributed by atoms with E-state index in [2.05, 4.69) is 42.1 Å². The second-order valence-electron chi connectivity index (χ2n) is 3.76. The molecule has 0 aliphatic carbocycles. The largest absolute Gasteiger partial charge is 0.364 e. The van der Waals surface area contributed by atoms with Crippen LogP contribution >= 0.6 is 0 Å². The molecule has 1 heterocycles. The third-order valence-corrected chi connectivity index (χ3v) is 2.17. The van der Waals surface area contributed by atoms with Gasteiger partial charge in [-0.3, -0.25) is 0 Å². The molecule has 1 rings (SSSR count). The van der Waals surface area contributed by atoms with Crippen LogP contribution in [0.4, 0.5) is 5.82 Å². The van der Waals surface area contributed by atoms with E-state index in [1.165, 1.54) is 12.5 Å². The molecule has 1 aromatic heterocycles. The van der Waals surface area contributed by atoms with E-state index >= 15 is 0 Å². The molecule has 0 bridgehead atoms. The van der Waals surface area contributed by atoms with Gasteiger partial charge in [-0.1, -0.05) is 6.92 Å². The third kappa shape index (κ3) is 2.43. The molecule has 4 nitrogen and oxygen atoms in total. The lowest BCUT2D eigenvalue weighted by atomic mass is 10.0. The van der Waals surface area contributed by atoms with Crippen molar-refractivity contribution in [2.24, 2.45) is 0 Å². The van der Waals surface area contributed by atoms with Gasteiger partial charge in [-0.05, 0) is 20.3 Å².